The number of nitrogens with zero attached hydrogens (tertiary/aromatic N) is 3. The summed E-state index contributed by atoms with van der Waals surface area (Å²) < 4.78 is 23.8. The van der Waals surface area contributed by atoms with E-state index in [1.165, 1.54) is 48.1 Å². The van der Waals surface area contributed by atoms with Crippen molar-refractivity contribution < 1.29 is 23.8 Å². The maximum atomic E-state index is 15.8. The molecule has 1 fully saturated rings. The second-order valence-electron chi connectivity index (χ2n) is 17.0. The Morgan fingerprint density at radius 1 is 1.08 bits per heavy atom. The Bertz CT molecular complexity index is 2350. The molecular formula is C47H60FN5O6. The van der Waals surface area contributed by atoms with Gasteiger partial charge in [0, 0.05) is 60.7 Å². The first-order valence-electron chi connectivity index (χ1n) is 21.1. The minimum absolute atomic E-state index is 0.0370. The number of ether oxygens (including phenoxy) is 1. The minimum Gasteiger partial charge on any atom is -0.481 e. The Morgan fingerprint density at radius 3 is 2.51 bits per heavy atom. The molecule has 4 aromatic rings. The fourth-order valence-corrected chi connectivity index (χ4v) is 9.64. The topological polar surface area (TPSA) is 145 Å². The molecule has 2 amide bonds. The van der Waals surface area contributed by atoms with Crippen LogP contribution in [0.15, 0.2) is 52.2 Å². The van der Waals surface area contributed by atoms with Crippen molar-refractivity contribution in [1.82, 2.24) is 19.4 Å². The Balaban J connectivity index is 1.22. The van der Waals surface area contributed by atoms with Crippen LogP contribution in [0.2, 0.25) is 0 Å². The van der Waals surface area contributed by atoms with E-state index in [2.05, 4.69) is 37.5 Å². The number of halogens is 1. The summed E-state index contributed by atoms with van der Waals surface area (Å²) in [4.78, 5) is 56.5. The number of anilines is 1. The van der Waals surface area contributed by atoms with Gasteiger partial charge in [0.15, 0.2) is 0 Å². The number of piperidine rings is 1. The van der Waals surface area contributed by atoms with Crippen molar-refractivity contribution in [2.24, 2.45) is 31.8 Å². The molecule has 0 saturated carbocycles. The van der Waals surface area contributed by atoms with Crippen LogP contribution in [-0.4, -0.2) is 50.3 Å². The van der Waals surface area contributed by atoms with Crippen molar-refractivity contribution >= 4 is 17.5 Å². The van der Waals surface area contributed by atoms with Gasteiger partial charge in [0.25, 0.3) is 11.5 Å². The normalized spacial score (nSPS) is 19.9. The van der Waals surface area contributed by atoms with Crippen LogP contribution < -0.4 is 26.6 Å². The molecule has 12 heteroatoms. The van der Waals surface area contributed by atoms with Gasteiger partial charge < -0.3 is 25.0 Å². The Morgan fingerprint density at radius 2 is 1.83 bits per heavy atom. The number of rotatable bonds is 15. The third kappa shape index (κ3) is 8.65. The van der Waals surface area contributed by atoms with E-state index in [1.807, 2.05) is 25.1 Å². The Hall–Kier alpha value is -5.10. The number of aliphatic hydroxyl groups excluding tert-OH is 1. The summed E-state index contributed by atoms with van der Waals surface area (Å²) in [5, 5.41) is 15.6. The summed E-state index contributed by atoms with van der Waals surface area (Å²) >= 11 is 0. The highest BCUT2D eigenvalue weighted by molar-refractivity contribution is 6.04. The molecule has 1 saturated heterocycles. The van der Waals surface area contributed by atoms with Gasteiger partial charge in [-0.15, -0.1) is 0 Å². The van der Waals surface area contributed by atoms with Crippen LogP contribution in [0.3, 0.4) is 0 Å². The summed E-state index contributed by atoms with van der Waals surface area (Å²) in [6, 6.07) is 10.6. The van der Waals surface area contributed by atoms with E-state index in [0.717, 1.165) is 79.2 Å². The summed E-state index contributed by atoms with van der Waals surface area (Å²) in [6.07, 6.45) is 10.5. The molecule has 6 rings (SSSR count). The van der Waals surface area contributed by atoms with Crippen molar-refractivity contribution in [3.63, 3.8) is 0 Å². The van der Waals surface area contributed by atoms with E-state index in [4.69, 9.17) is 9.72 Å². The molecule has 5 atom stereocenters. The SMILES string of the molecule is CCC(CC[C@@]1(CC)CCC(C(C)CCO)C(=O)N1)C[C@H]1CCc2cc(-c3cccc(-c4c(F)ccc(NC(=O)c5cn(C)c(=O)n(C)c5=O)c4C)c3C)nc(OC)c21. The standard InChI is InChI=1S/C47H60FN5O6/c1-9-30(18-21-47(10-2)22-19-33(43(56)51-47)27(3)20-23-54)24-31-14-15-32-25-39(50-44(59-8)41(31)32)34-12-11-13-35(28(34)4)40-29(5)38(17-16-37(40)48)49-42(55)36-26-52(6)46(58)53(7)45(36)57/h11-13,16-17,25-27,30-31,33,54H,9-10,14-15,18-24H2,1-8H3,(H,49,55)(H,51,56)/t27?,30?,31-,33?,47+/m1/s1. The quantitative estimate of drug-likeness (QED) is 0.111. The van der Waals surface area contributed by atoms with E-state index in [-0.39, 0.29) is 35.5 Å². The number of amides is 2. The number of aliphatic hydroxyl groups is 1. The molecule has 0 bridgehead atoms. The fraction of sp³-hybridized carbons (Fsp3) is 0.511. The lowest BCUT2D eigenvalue weighted by molar-refractivity contribution is -0.132. The molecule has 2 aromatic heterocycles. The maximum Gasteiger partial charge on any atom is 0.330 e. The lowest BCUT2D eigenvalue weighted by Crippen LogP contribution is -2.55. The molecule has 0 spiro atoms. The van der Waals surface area contributed by atoms with Crippen LogP contribution in [0.1, 0.15) is 117 Å². The van der Waals surface area contributed by atoms with E-state index >= 15 is 4.39 Å². The number of fused-ring (bicyclic) bond motifs is 1. The summed E-state index contributed by atoms with van der Waals surface area (Å²) in [6.45, 7) is 10.3. The first-order chi connectivity index (χ1) is 28.2. The number of aromatic nitrogens is 3. The highest BCUT2D eigenvalue weighted by atomic mass is 19.1. The largest absolute Gasteiger partial charge is 0.481 e. The minimum atomic E-state index is -0.724. The first-order valence-corrected chi connectivity index (χ1v) is 21.1. The first kappa shape index (κ1) is 43.5. The molecular weight excluding hydrogens is 750 g/mol. The van der Waals surface area contributed by atoms with Crippen LogP contribution in [0.25, 0.3) is 22.4 Å². The number of hydrogen-bond acceptors (Lipinski definition) is 7. The molecule has 3 N–H and O–H groups in total. The fourth-order valence-electron chi connectivity index (χ4n) is 9.64. The van der Waals surface area contributed by atoms with Gasteiger partial charge in [-0.2, -0.15) is 0 Å². The van der Waals surface area contributed by atoms with Crippen molar-refractivity contribution in [3.05, 3.63) is 97.1 Å². The predicted octanol–water partition coefficient (Wildman–Crippen LogP) is 7.75. The average molecular weight is 810 g/mol. The molecule has 11 nitrogen and oxygen atoms in total. The summed E-state index contributed by atoms with van der Waals surface area (Å²) in [5.41, 5.74) is 4.90. The van der Waals surface area contributed by atoms with Crippen molar-refractivity contribution in [2.45, 2.75) is 110 Å². The molecule has 1 aliphatic heterocycles. The zero-order valence-corrected chi connectivity index (χ0v) is 35.8. The molecule has 59 heavy (non-hydrogen) atoms. The van der Waals surface area contributed by atoms with Gasteiger partial charge in [-0.05, 0) is 130 Å². The smallest absolute Gasteiger partial charge is 0.330 e. The second-order valence-corrected chi connectivity index (χ2v) is 17.0. The zero-order chi connectivity index (χ0) is 42.8. The lowest BCUT2D eigenvalue weighted by atomic mass is 9.73. The average Bonchev–Trinajstić information content (AvgIpc) is 3.63. The maximum absolute atomic E-state index is 15.8. The Kier molecular flexibility index (Phi) is 13.3. The third-order valence-electron chi connectivity index (χ3n) is 13.5. The van der Waals surface area contributed by atoms with Crippen LogP contribution in [0, 0.1) is 37.4 Å². The van der Waals surface area contributed by atoms with Gasteiger partial charge in [0.2, 0.25) is 11.8 Å². The number of nitrogens with one attached hydrogen (secondary N) is 2. The van der Waals surface area contributed by atoms with Crippen molar-refractivity contribution in [3.8, 4) is 28.3 Å². The zero-order valence-electron chi connectivity index (χ0n) is 35.8. The summed E-state index contributed by atoms with van der Waals surface area (Å²) in [5.74, 6) is 0.501. The molecule has 316 valence electrons. The molecule has 0 radical (unpaired) electrons. The molecule has 2 aliphatic rings. The summed E-state index contributed by atoms with van der Waals surface area (Å²) in [7, 11) is 4.44. The molecule has 1 aliphatic carbocycles. The number of pyridine rings is 1. The van der Waals surface area contributed by atoms with Gasteiger partial charge in [0.05, 0.1) is 12.8 Å². The highest BCUT2D eigenvalue weighted by Crippen LogP contribution is 2.46. The van der Waals surface area contributed by atoms with Gasteiger partial charge in [-0.3, -0.25) is 19.0 Å². The number of hydrogen-bond donors (Lipinski definition) is 3. The second kappa shape index (κ2) is 18.0. The Labute approximate surface area is 346 Å². The van der Waals surface area contributed by atoms with Crippen LogP contribution in [0.4, 0.5) is 10.1 Å². The number of aryl methyl sites for hydroxylation is 2. The predicted molar refractivity (Wildman–Crippen MR) is 229 cm³/mol. The van der Waals surface area contributed by atoms with Crippen molar-refractivity contribution in [2.75, 3.05) is 19.0 Å². The highest BCUT2D eigenvalue weighted by Gasteiger charge is 2.40. The van der Waals surface area contributed by atoms with E-state index in [1.54, 1.807) is 14.0 Å². The van der Waals surface area contributed by atoms with Crippen LogP contribution in [0.5, 0.6) is 5.88 Å². The van der Waals surface area contributed by atoms with Gasteiger partial charge in [-0.25, -0.2) is 14.2 Å². The molecule has 2 aromatic carbocycles. The van der Waals surface area contributed by atoms with Crippen LogP contribution in [-0.2, 0) is 25.3 Å². The third-order valence-corrected chi connectivity index (χ3v) is 13.5. The number of benzene rings is 2. The molecule has 3 unspecified atom stereocenters. The van der Waals surface area contributed by atoms with Crippen LogP contribution >= 0.6 is 0 Å². The van der Waals surface area contributed by atoms with E-state index < -0.39 is 23.0 Å². The van der Waals surface area contributed by atoms with E-state index in [0.29, 0.717) is 46.5 Å². The van der Waals surface area contributed by atoms with Gasteiger partial charge >= 0.3 is 5.69 Å². The van der Waals surface area contributed by atoms with Crippen molar-refractivity contribution in [1.29, 1.82) is 0 Å². The van der Waals surface area contributed by atoms with Gasteiger partial charge in [-0.1, -0.05) is 45.4 Å². The number of methoxy groups -OCH3 is 1. The molecule has 3 heterocycles. The van der Waals surface area contributed by atoms with E-state index in [9.17, 15) is 24.3 Å². The number of carbonyl (C=O) groups excluding carboxylic acids is 2. The van der Waals surface area contributed by atoms with Gasteiger partial charge in [0.1, 0.15) is 11.4 Å². The number of carbonyl (C=O) groups is 2. The lowest BCUT2D eigenvalue weighted by Gasteiger charge is -2.42. The monoisotopic (exact) mass is 809 g/mol.